The molecule has 1 atom stereocenters. The maximum Gasteiger partial charge on any atom is 0.433 e. The highest BCUT2D eigenvalue weighted by Gasteiger charge is 2.33. The maximum absolute atomic E-state index is 13.0. The van der Waals surface area contributed by atoms with Gasteiger partial charge in [-0.1, -0.05) is 11.6 Å². The molecule has 3 rings (SSSR count). The lowest BCUT2D eigenvalue weighted by molar-refractivity contribution is -0.140. The molecule has 2 N–H and O–H groups in total. The van der Waals surface area contributed by atoms with Crippen LogP contribution in [-0.4, -0.2) is 24.1 Å². The first-order valence-corrected chi connectivity index (χ1v) is 7.46. The van der Waals surface area contributed by atoms with Crippen LogP contribution < -0.4 is 10.6 Å². The number of pyridine rings is 1. The zero-order valence-corrected chi connectivity index (χ0v) is 12.4. The van der Waals surface area contributed by atoms with E-state index in [-0.39, 0.29) is 11.6 Å². The second kappa shape index (κ2) is 5.93. The summed E-state index contributed by atoms with van der Waals surface area (Å²) in [4.78, 5) is 3.70. The molecule has 0 amide bonds. The second-order valence-corrected chi connectivity index (χ2v) is 5.84. The highest BCUT2D eigenvalue weighted by molar-refractivity contribution is 6.31. The summed E-state index contributed by atoms with van der Waals surface area (Å²) in [5, 5.41) is 7.51. The fraction of sp³-hybridized carbons (Fsp3) is 0.400. The molecule has 1 fully saturated rings. The number of nitrogens with one attached hydrogen (secondary N) is 2. The van der Waals surface area contributed by atoms with Crippen LogP contribution in [0, 0.1) is 0 Å². The number of benzene rings is 1. The molecule has 0 aliphatic carbocycles. The Morgan fingerprint density at radius 3 is 2.77 bits per heavy atom. The smallest absolute Gasteiger partial charge is 0.380 e. The molecule has 0 radical (unpaired) electrons. The van der Waals surface area contributed by atoms with Crippen LogP contribution >= 0.6 is 11.6 Å². The maximum atomic E-state index is 13.0. The van der Waals surface area contributed by atoms with Crippen molar-refractivity contribution in [2.24, 2.45) is 0 Å². The topological polar surface area (TPSA) is 37.0 Å². The number of nitrogens with zero attached hydrogens (tertiary/aromatic N) is 1. The third-order valence-electron chi connectivity index (χ3n) is 3.72. The molecule has 2 aromatic rings. The Morgan fingerprint density at radius 1 is 1.27 bits per heavy atom. The van der Waals surface area contributed by atoms with Gasteiger partial charge in [-0.25, -0.2) is 4.98 Å². The Labute approximate surface area is 130 Å². The minimum atomic E-state index is -4.48. The highest BCUT2D eigenvalue weighted by atomic mass is 35.5. The lowest BCUT2D eigenvalue weighted by atomic mass is 10.1. The normalized spacial score (nSPS) is 19.4. The number of piperidine rings is 1. The number of fused-ring (bicyclic) bond motifs is 1. The first-order chi connectivity index (χ1) is 10.4. The van der Waals surface area contributed by atoms with E-state index in [4.69, 9.17) is 11.6 Å². The van der Waals surface area contributed by atoms with E-state index in [0.717, 1.165) is 32.0 Å². The molecule has 1 aromatic carbocycles. The molecule has 7 heteroatoms. The molecule has 1 aliphatic heterocycles. The second-order valence-electron chi connectivity index (χ2n) is 5.40. The van der Waals surface area contributed by atoms with Crippen molar-refractivity contribution in [3.05, 3.63) is 35.0 Å². The predicted molar refractivity (Wildman–Crippen MR) is 81.3 cm³/mol. The van der Waals surface area contributed by atoms with Gasteiger partial charge in [-0.05, 0) is 43.7 Å². The van der Waals surface area contributed by atoms with Crippen molar-refractivity contribution in [2.75, 3.05) is 18.4 Å². The fourth-order valence-corrected chi connectivity index (χ4v) is 2.83. The average molecular weight is 330 g/mol. The Bertz CT molecular complexity index is 682. The van der Waals surface area contributed by atoms with Crippen LogP contribution in [0.15, 0.2) is 24.3 Å². The van der Waals surface area contributed by atoms with Gasteiger partial charge < -0.3 is 10.6 Å². The van der Waals surface area contributed by atoms with Crippen molar-refractivity contribution in [3.63, 3.8) is 0 Å². The van der Waals surface area contributed by atoms with Gasteiger partial charge in [-0.2, -0.15) is 13.2 Å². The van der Waals surface area contributed by atoms with Crippen LogP contribution in [-0.2, 0) is 6.18 Å². The van der Waals surface area contributed by atoms with E-state index in [1.54, 1.807) is 12.1 Å². The molecule has 0 saturated carbocycles. The molecule has 118 valence electrons. The zero-order chi connectivity index (χ0) is 15.7. The van der Waals surface area contributed by atoms with E-state index in [0.29, 0.717) is 16.1 Å². The largest absolute Gasteiger partial charge is 0.433 e. The number of hydrogen-bond donors (Lipinski definition) is 2. The van der Waals surface area contributed by atoms with Crippen LogP contribution in [0.25, 0.3) is 10.9 Å². The molecule has 1 aromatic heterocycles. The lowest BCUT2D eigenvalue weighted by Gasteiger charge is -2.26. The summed E-state index contributed by atoms with van der Waals surface area (Å²) in [6.45, 7) is 1.67. The quantitative estimate of drug-likeness (QED) is 0.872. The van der Waals surface area contributed by atoms with Crippen LogP contribution in [0.3, 0.4) is 0 Å². The Hall–Kier alpha value is -1.53. The number of hydrogen-bond acceptors (Lipinski definition) is 3. The van der Waals surface area contributed by atoms with E-state index in [9.17, 15) is 13.2 Å². The monoisotopic (exact) mass is 329 g/mol. The van der Waals surface area contributed by atoms with Crippen molar-refractivity contribution >= 4 is 28.2 Å². The number of halogens is 4. The summed E-state index contributed by atoms with van der Waals surface area (Å²) in [7, 11) is 0. The first kappa shape index (κ1) is 15.4. The van der Waals surface area contributed by atoms with Crippen molar-refractivity contribution in [1.82, 2.24) is 10.3 Å². The summed E-state index contributed by atoms with van der Waals surface area (Å²) >= 11 is 5.97. The van der Waals surface area contributed by atoms with E-state index < -0.39 is 11.9 Å². The Kier molecular flexibility index (Phi) is 4.14. The summed E-state index contributed by atoms with van der Waals surface area (Å²) in [6.07, 6.45) is -2.57. The van der Waals surface area contributed by atoms with Crippen LogP contribution in [0.5, 0.6) is 0 Å². The predicted octanol–water partition coefficient (Wildman–Crippen LogP) is 4.07. The number of rotatable bonds is 2. The minimum absolute atomic E-state index is 0.0967. The van der Waals surface area contributed by atoms with Gasteiger partial charge in [0.05, 0.1) is 5.52 Å². The van der Waals surface area contributed by atoms with Gasteiger partial charge >= 0.3 is 6.18 Å². The molecule has 0 spiro atoms. The zero-order valence-electron chi connectivity index (χ0n) is 11.7. The van der Waals surface area contributed by atoms with Gasteiger partial charge in [-0.3, -0.25) is 0 Å². The minimum Gasteiger partial charge on any atom is -0.380 e. The first-order valence-electron chi connectivity index (χ1n) is 7.08. The molecule has 0 bridgehead atoms. The van der Waals surface area contributed by atoms with E-state index in [2.05, 4.69) is 15.6 Å². The van der Waals surface area contributed by atoms with Crippen LogP contribution in [0.4, 0.5) is 18.9 Å². The molecular weight excluding hydrogens is 315 g/mol. The molecular formula is C15H15ClF3N3. The third kappa shape index (κ3) is 3.28. The third-order valence-corrected chi connectivity index (χ3v) is 3.95. The van der Waals surface area contributed by atoms with Gasteiger partial charge in [0.25, 0.3) is 0 Å². The summed E-state index contributed by atoms with van der Waals surface area (Å²) in [5.41, 5.74) is -0.187. The molecule has 0 unspecified atom stereocenters. The van der Waals surface area contributed by atoms with E-state index in [1.807, 2.05) is 0 Å². The molecule has 1 aliphatic rings. The Morgan fingerprint density at radius 2 is 2.09 bits per heavy atom. The average Bonchev–Trinajstić information content (AvgIpc) is 2.47. The summed E-state index contributed by atoms with van der Waals surface area (Å²) in [6, 6.07) is 5.86. The van der Waals surface area contributed by atoms with E-state index in [1.165, 1.54) is 6.07 Å². The van der Waals surface area contributed by atoms with Crippen molar-refractivity contribution in [2.45, 2.75) is 25.1 Å². The van der Waals surface area contributed by atoms with Crippen LogP contribution in [0.2, 0.25) is 5.02 Å². The Balaban J connectivity index is 2.05. The van der Waals surface area contributed by atoms with E-state index >= 15 is 0 Å². The molecule has 2 heterocycles. The van der Waals surface area contributed by atoms with Crippen molar-refractivity contribution < 1.29 is 13.2 Å². The van der Waals surface area contributed by atoms with Gasteiger partial charge in [-0.15, -0.1) is 0 Å². The van der Waals surface area contributed by atoms with Gasteiger partial charge in [0.2, 0.25) is 0 Å². The summed E-state index contributed by atoms with van der Waals surface area (Å²) < 4.78 is 39.1. The van der Waals surface area contributed by atoms with Gasteiger partial charge in [0.15, 0.2) is 0 Å². The number of anilines is 1. The van der Waals surface area contributed by atoms with Crippen molar-refractivity contribution in [1.29, 1.82) is 0 Å². The number of aromatic nitrogens is 1. The highest BCUT2D eigenvalue weighted by Crippen LogP contribution is 2.34. The molecule has 3 nitrogen and oxygen atoms in total. The SMILES string of the molecule is FC(F)(F)c1cc(N[C@@H]2CCCNC2)c2cc(Cl)ccc2n1. The number of alkyl halides is 3. The van der Waals surface area contributed by atoms with Crippen LogP contribution in [0.1, 0.15) is 18.5 Å². The van der Waals surface area contributed by atoms with Gasteiger partial charge in [0, 0.05) is 28.7 Å². The fourth-order valence-electron chi connectivity index (χ4n) is 2.66. The van der Waals surface area contributed by atoms with Crippen molar-refractivity contribution in [3.8, 4) is 0 Å². The summed E-state index contributed by atoms with van der Waals surface area (Å²) in [5.74, 6) is 0. The lowest BCUT2D eigenvalue weighted by Crippen LogP contribution is -2.38. The molecule has 1 saturated heterocycles. The molecule has 22 heavy (non-hydrogen) atoms. The van der Waals surface area contributed by atoms with Gasteiger partial charge in [0.1, 0.15) is 5.69 Å². The standard InChI is InChI=1S/C15H15ClF3N3/c16-9-3-4-12-11(6-9)13(7-14(22-12)15(17,18)19)21-10-2-1-5-20-8-10/h3-4,6-7,10,20H,1-2,5,8H2,(H,21,22)/t10-/m1/s1.